The normalized spacial score (nSPS) is 10.5. The van der Waals surface area contributed by atoms with Gasteiger partial charge < -0.3 is 4.42 Å². The Kier molecular flexibility index (Phi) is 3.22. The first-order valence-electron chi connectivity index (χ1n) is 5.34. The molecule has 0 spiro atoms. The van der Waals surface area contributed by atoms with Gasteiger partial charge in [0.15, 0.2) is 0 Å². The molecule has 90 valence electrons. The van der Waals surface area contributed by atoms with Gasteiger partial charge in [0.25, 0.3) is 0 Å². The maximum absolute atomic E-state index is 11.6. The summed E-state index contributed by atoms with van der Waals surface area (Å²) in [4.78, 5) is 15.5. The maximum Gasteiger partial charge on any atom is 0.227 e. The van der Waals surface area contributed by atoms with Crippen LogP contribution in [0.25, 0.3) is 0 Å². The van der Waals surface area contributed by atoms with Gasteiger partial charge in [-0.15, -0.1) is 0 Å². The summed E-state index contributed by atoms with van der Waals surface area (Å²) in [6.07, 6.45) is 2.34. The molecule has 0 aliphatic heterocycles. The summed E-state index contributed by atoms with van der Waals surface area (Å²) < 4.78 is 6.89. The van der Waals surface area contributed by atoms with E-state index in [1.54, 1.807) is 7.05 Å². The van der Waals surface area contributed by atoms with E-state index in [4.69, 9.17) is 4.42 Å². The predicted molar refractivity (Wildman–Crippen MR) is 61.4 cm³/mol. The van der Waals surface area contributed by atoms with Crippen LogP contribution in [0.5, 0.6) is 0 Å². The summed E-state index contributed by atoms with van der Waals surface area (Å²) in [5, 5.41) is 6.54. The summed E-state index contributed by atoms with van der Waals surface area (Å²) in [5.74, 6) is 2.02. The van der Waals surface area contributed by atoms with Crippen LogP contribution in [0.4, 0.5) is 5.95 Å². The summed E-state index contributed by atoms with van der Waals surface area (Å²) in [5.41, 5.74) is 0. The van der Waals surface area contributed by atoms with Crippen molar-refractivity contribution in [3.8, 4) is 0 Å². The van der Waals surface area contributed by atoms with Crippen LogP contribution >= 0.6 is 0 Å². The third kappa shape index (κ3) is 2.93. The lowest BCUT2D eigenvalue weighted by Crippen LogP contribution is -2.15. The van der Waals surface area contributed by atoms with E-state index < -0.39 is 0 Å². The Morgan fingerprint density at radius 2 is 2.35 bits per heavy atom. The Morgan fingerprint density at radius 1 is 1.53 bits per heavy atom. The van der Waals surface area contributed by atoms with Gasteiger partial charge in [0.05, 0.1) is 0 Å². The van der Waals surface area contributed by atoms with Crippen LogP contribution < -0.4 is 5.32 Å². The van der Waals surface area contributed by atoms with E-state index in [2.05, 4.69) is 15.4 Å². The van der Waals surface area contributed by atoms with Crippen LogP contribution in [-0.4, -0.2) is 20.7 Å². The number of aryl methyl sites for hydroxylation is 3. The largest absolute Gasteiger partial charge is 0.466 e. The van der Waals surface area contributed by atoms with E-state index in [0.717, 1.165) is 11.5 Å². The average Bonchev–Trinajstić information content (AvgIpc) is 2.86. The summed E-state index contributed by atoms with van der Waals surface area (Å²) in [7, 11) is 1.72. The molecule has 6 heteroatoms. The van der Waals surface area contributed by atoms with Crippen molar-refractivity contribution in [1.29, 1.82) is 0 Å². The molecule has 0 saturated heterocycles. The Labute approximate surface area is 98.6 Å². The number of hydrogen-bond donors (Lipinski definition) is 1. The highest BCUT2D eigenvalue weighted by Gasteiger charge is 2.08. The molecule has 6 nitrogen and oxygen atoms in total. The number of amides is 1. The molecule has 0 atom stereocenters. The van der Waals surface area contributed by atoms with Gasteiger partial charge in [-0.1, -0.05) is 0 Å². The Balaban J connectivity index is 1.84. The minimum absolute atomic E-state index is 0.102. The van der Waals surface area contributed by atoms with Crippen LogP contribution in [0.3, 0.4) is 0 Å². The molecule has 2 aromatic heterocycles. The molecular formula is C11H14N4O2. The molecule has 1 amide bonds. The highest BCUT2D eigenvalue weighted by atomic mass is 16.3. The van der Waals surface area contributed by atoms with Crippen molar-refractivity contribution in [3.63, 3.8) is 0 Å². The fraction of sp³-hybridized carbons (Fsp3) is 0.364. The summed E-state index contributed by atoms with van der Waals surface area (Å²) >= 11 is 0. The number of nitrogens with zero attached hydrogens (tertiary/aromatic N) is 3. The molecule has 0 bridgehead atoms. The van der Waals surface area contributed by atoms with Crippen molar-refractivity contribution in [2.45, 2.75) is 19.8 Å². The molecule has 2 aromatic rings. The number of anilines is 1. The van der Waals surface area contributed by atoms with Gasteiger partial charge >= 0.3 is 0 Å². The van der Waals surface area contributed by atoms with E-state index >= 15 is 0 Å². The fourth-order valence-corrected chi connectivity index (χ4v) is 1.45. The standard InChI is InChI=1S/C11H14N4O2/c1-8-3-4-9(17-8)5-6-10(16)14-11-12-7-13-15(11)2/h3-4,7H,5-6H2,1-2H3,(H,12,13,14,16). The number of carbonyl (C=O) groups excluding carboxylic acids is 1. The van der Waals surface area contributed by atoms with E-state index in [1.165, 1.54) is 11.0 Å². The molecule has 0 aliphatic rings. The van der Waals surface area contributed by atoms with Gasteiger partial charge in [0, 0.05) is 19.9 Å². The second-order valence-electron chi connectivity index (χ2n) is 3.77. The van der Waals surface area contributed by atoms with Gasteiger partial charge in [-0.25, -0.2) is 4.68 Å². The fourth-order valence-electron chi connectivity index (χ4n) is 1.45. The quantitative estimate of drug-likeness (QED) is 0.865. The lowest BCUT2D eigenvalue weighted by Gasteiger charge is -2.02. The van der Waals surface area contributed by atoms with Crippen LogP contribution in [0.2, 0.25) is 0 Å². The second kappa shape index (κ2) is 4.82. The molecular weight excluding hydrogens is 220 g/mol. The van der Waals surface area contributed by atoms with E-state index in [9.17, 15) is 4.79 Å². The molecule has 0 unspecified atom stereocenters. The van der Waals surface area contributed by atoms with Gasteiger partial charge in [-0.2, -0.15) is 10.1 Å². The van der Waals surface area contributed by atoms with Gasteiger partial charge in [0.1, 0.15) is 17.8 Å². The highest BCUT2D eigenvalue weighted by Crippen LogP contribution is 2.09. The van der Waals surface area contributed by atoms with E-state index in [1.807, 2.05) is 19.1 Å². The van der Waals surface area contributed by atoms with Crippen molar-refractivity contribution >= 4 is 11.9 Å². The Bertz CT molecular complexity index is 515. The average molecular weight is 234 g/mol. The van der Waals surface area contributed by atoms with Crippen molar-refractivity contribution < 1.29 is 9.21 Å². The lowest BCUT2D eigenvalue weighted by molar-refractivity contribution is -0.116. The number of carbonyl (C=O) groups is 1. The topological polar surface area (TPSA) is 73.0 Å². The first-order chi connectivity index (χ1) is 8.15. The van der Waals surface area contributed by atoms with E-state index in [0.29, 0.717) is 18.8 Å². The number of furan rings is 1. The number of hydrogen-bond acceptors (Lipinski definition) is 4. The van der Waals surface area contributed by atoms with Gasteiger partial charge in [0.2, 0.25) is 11.9 Å². The molecule has 0 radical (unpaired) electrons. The predicted octanol–water partition coefficient (Wildman–Crippen LogP) is 1.29. The summed E-state index contributed by atoms with van der Waals surface area (Å²) in [6.45, 7) is 1.88. The third-order valence-corrected chi connectivity index (χ3v) is 2.36. The van der Waals surface area contributed by atoms with Crippen molar-refractivity contribution in [3.05, 3.63) is 30.0 Å². The molecule has 2 heterocycles. The number of rotatable bonds is 4. The first kappa shape index (κ1) is 11.4. The molecule has 2 rings (SSSR count). The van der Waals surface area contributed by atoms with Gasteiger partial charge in [-0.05, 0) is 19.1 Å². The van der Waals surface area contributed by atoms with E-state index in [-0.39, 0.29) is 5.91 Å². The molecule has 17 heavy (non-hydrogen) atoms. The third-order valence-electron chi connectivity index (χ3n) is 2.36. The Morgan fingerprint density at radius 3 is 2.94 bits per heavy atom. The van der Waals surface area contributed by atoms with Crippen molar-refractivity contribution in [2.75, 3.05) is 5.32 Å². The number of aromatic nitrogens is 3. The molecule has 0 aromatic carbocycles. The van der Waals surface area contributed by atoms with Gasteiger partial charge in [-0.3, -0.25) is 10.1 Å². The molecule has 0 saturated carbocycles. The minimum Gasteiger partial charge on any atom is -0.466 e. The first-order valence-corrected chi connectivity index (χ1v) is 5.34. The lowest BCUT2D eigenvalue weighted by atomic mass is 10.2. The zero-order chi connectivity index (χ0) is 12.3. The zero-order valence-electron chi connectivity index (χ0n) is 9.80. The van der Waals surface area contributed by atoms with Crippen molar-refractivity contribution in [1.82, 2.24) is 14.8 Å². The van der Waals surface area contributed by atoms with Crippen LogP contribution in [0, 0.1) is 6.92 Å². The zero-order valence-corrected chi connectivity index (χ0v) is 9.80. The number of nitrogens with one attached hydrogen (secondary N) is 1. The maximum atomic E-state index is 11.6. The monoisotopic (exact) mass is 234 g/mol. The van der Waals surface area contributed by atoms with Crippen molar-refractivity contribution in [2.24, 2.45) is 7.05 Å². The molecule has 0 aliphatic carbocycles. The van der Waals surface area contributed by atoms with Crippen LogP contribution in [0.1, 0.15) is 17.9 Å². The molecule has 0 fully saturated rings. The van der Waals surface area contributed by atoms with Crippen LogP contribution in [0.15, 0.2) is 22.9 Å². The SMILES string of the molecule is Cc1ccc(CCC(=O)Nc2ncnn2C)o1. The Hall–Kier alpha value is -2.11. The molecule has 1 N–H and O–H groups in total. The smallest absolute Gasteiger partial charge is 0.227 e. The van der Waals surface area contributed by atoms with Crippen LogP contribution in [-0.2, 0) is 18.3 Å². The minimum atomic E-state index is -0.102. The second-order valence-corrected chi connectivity index (χ2v) is 3.77. The highest BCUT2D eigenvalue weighted by molar-refractivity contribution is 5.89. The summed E-state index contributed by atoms with van der Waals surface area (Å²) in [6, 6.07) is 3.76.